The molecule has 9 aromatic rings. The molecule has 0 aliphatic carbocycles. The van der Waals surface area contributed by atoms with E-state index in [2.05, 4.69) is 169 Å². The van der Waals surface area contributed by atoms with Gasteiger partial charge in [-0.2, -0.15) is 0 Å². The lowest BCUT2D eigenvalue weighted by atomic mass is 9.62. The Kier molecular flexibility index (Phi) is 5.88. The first kappa shape index (κ1) is 27.1. The van der Waals surface area contributed by atoms with Crippen molar-refractivity contribution in [2.75, 3.05) is 0 Å². The summed E-state index contributed by atoms with van der Waals surface area (Å²) in [6.07, 6.45) is 0. The molecule has 3 heteroatoms. The van der Waals surface area contributed by atoms with Gasteiger partial charge in [0.25, 0.3) is 0 Å². The number of fused-ring (bicyclic) bond motifs is 14. The Morgan fingerprint density at radius 2 is 1.06 bits per heavy atom. The normalized spacial score (nSPS) is 15.8. The highest BCUT2D eigenvalue weighted by molar-refractivity contribution is 7.99. The number of para-hydroxylation sites is 3. The topological polar surface area (TPSA) is 4.93 Å². The summed E-state index contributed by atoms with van der Waals surface area (Å²) in [5.41, 5.74) is 10.3. The fraction of sp³-hybridized carbons (Fsp3) is 0.0455. The Hall–Kier alpha value is -5.09. The summed E-state index contributed by atoms with van der Waals surface area (Å²) < 4.78 is 5.26. The van der Waals surface area contributed by atoms with Crippen molar-refractivity contribution in [1.82, 2.24) is 4.57 Å². The van der Waals surface area contributed by atoms with E-state index in [0.29, 0.717) is 0 Å². The first-order valence-corrected chi connectivity index (χ1v) is 17.7. The molecule has 0 fully saturated rings. The quantitative estimate of drug-likeness (QED) is 0.160. The number of rotatable bonds is 0. The van der Waals surface area contributed by atoms with Crippen LogP contribution in [-0.4, -0.2) is 4.57 Å². The summed E-state index contributed by atoms with van der Waals surface area (Å²) in [5, 5.41) is 5.39. The van der Waals surface area contributed by atoms with Crippen LogP contribution in [0.25, 0.3) is 47.7 Å². The number of aryl methyl sites for hydroxylation is 1. The van der Waals surface area contributed by atoms with E-state index in [9.17, 15) is 0 Å². The zero-order valence-electron chi connectivity index (χ0n) is 25.8. The van der Waals surface area contributed by atoms with Crippen molar-refractivity contribution in [2.24, 2.45) is 0 Å². The van der Waals surface area contributed by atoms with Gasteiger partial charge in [0.1, 0.15) is 0 Å². The first-order valence-electron chi connectivity index (χ1n) is 16.1. The predicted octanol–water partition coefficient (Wildman–Crippen LogP) is 12.3. The highest BCUT2D eigenvalue weighted by Gasteiger charge is 2.49. The zero-order valence-corrected chi connectivity index (χ0v) is 27.4. The van der Waals surface area contributed by atoms with Gasteiger partial charge < -0.3 is 4.57 Å². The molecule has 2 aliphatic rings. The Morgan fingerprint density at radius 3 is 1.87 bits per heavy atom. The first-order chi connectivity index (χ1) is 23.2. The number of hydrogen-bond acceptors (Lipinski definition) is 2. The summed E-state index contributed by atoms with van der Waals surface area (Å²) >= 11 is 3.77. The van der Waals surface area contributed by atoms with Crippen LogP contribution in [0.5, 0.6) is 0 Å². The van der Waals surface area contributed by atoms with Crippen LogP contribution < -0.4 is 0 Å². The van der Waals surface area contributed by atoms with Crippen molar-refractivity contribution in [3.05, 3.63) is 186 Å². The van der Waals surface area contributed by atoms with Crippen LogP contribution in [0.3, 0.4) is 0 Å². The van der Waals surface area contributed by atoms with Gasteiger partial charge in [0, 0.05) is 40.7 Å². The summed E-state index contributed by atoms with van der Waals surface area (Å²) in [5.74, 6) is 0. The van der Waals surface area contributed by atoms with Crippen LogP contribution >= 0.6 is 23.1 Å². The highest BCUT2D eigenvalue weighted by atomic mass is 32.2. The Labute approximate surface area is 281 Å². The average molecular weight is 636 g/mol. The molecule has 1 spiro atoms. The maximum Gasteiger partial charge on any atom is 0.0764 e. The second-order valence-electron chi connectivity index (χ2n) is 12.5. The lowest BCUT2D eigenvalue weighted by Crippen LogP contribution is -2.37. The number of aromatic nitrogens is 1. The summed E-state index contributed by atoms with van der Waals surface area (Å²) in [6.45, 7) is 2.20. The Bertz CT molecular complexity index is 2640. The van der Waals surface area contributed by atoms with Crippen molar-refractivity contribution in [2.45, 2.75) is 22.1 Å². The van der Waals surface area contributed by atoms with Gasteiger partial charge in [0.15, 0.2) is 0 Å². The molecule has 222 valence electrons. The molecule has 0 saturated carbocycles. The molecule has 2 aromatic heterocycles. The van der Waals surface area contributed by atoms with Crippen molar-refractivity contribution < 1.29 is 0 Å². The lowest BCUT2D eigenvalue weighted by molar-refractivity contribution is 0.689. The molecule has 1 atom stereocenters. The van der Waals surface area contributed by atoms with Gasteiger partial charge in [-0.1, -0.05) is 133 Å². The van der Waals surface area contributed by atoms with E-state index in [1.807, 2.05) is 23.1 Å². The van der Waals surface area contributed by atoms with Crippen LogP contribution in [0.2, 0.25) is 0 Å². The van der Waals surface area contributed by atoms with Crippen molar-refractivity contribution >= 4 is 65.1 Å². The lowest BCUT2D eigenvalue weighted by Gasteiger charge is -2.45. The van der Waals surface area contributed by atoms with E-state index in [1.54, 1.807) is 0 Å². The monoisotopic (exact) mass is 635 g/mol. The van der Waals surface area contributed by atoms with Gasteiger partial charge >= 0.3 is 0 Å². The third-order valence-corrected chi connectivity index (χ3v) is 12.3. The second kappa shape index (κ2) is 10.2. The molecule has 0 N–H and O–H groups in total. The summed E-state index contributed by atoms with van der Waals surface area (Å²) in [7, 11) is 0. The molecule has 0 bridgehead atoms. The number of thiophene rings is 1. The van der Waals surface area contributed by atoms with Crippen molar-refractivity contribution in [1.29, 1.82) is 0 Å². The van der Waals surface area contributed by atoms with Crippen LogP contribution in [-0.2, 0) is 5.41 Å². The van der Waals surface area contributed by atoms with E-state index in [-0.39, 0.29) is 5.41 Å². The smallest absolute Gasteiger partial charge is 0.0764 e. The fourth-order valence-corrected chi connectivity index (χ4v) is 10.5. The highest BCUT2D eigenvalue weighted by Crippen LogP contribution is 2.60. The van der Waals surface area contributed by atoms with Gasteiger partial charge in [0.2, 0.25) is 0 Å². The third-order valence-electron chi connectivity index (χ3n) is 9.98. The van der Waals surface area contributed by atoms with Gasteiger partial charge in [-0.05, 0) is 71.1 Å². The van der Waals surface area contributed by atoms with E-state index in [1.165, 1.54) is 85.3 Å². The van der Waals surface area contributed by atoms with Gasteiger partial charge in [-0.25, -0.2) is 0 Å². The standard InChI is InChI=1S/C32H21NS.C12H8S/c1-20-17-18-25-30(19-20)34-29-16-7-4-12-24(29)32(25)23-11-3-6-15-28(23)33-27-14-5-2-9-21(27)22-10-8-13-26(32)31(22)33;1-3-7-11-9(5-1)10-6-2-4-8-12(10)13-11/h2-19H,1H3;1-8H. The minimum Gasteiger partial charge on any atom is -0.309 e. The molecular weight excluding hydrogens is 607 g/mol. The molecule has 1 nitrogen and oxygen atoms in total. The van der Waals surface area contributed by atoms with Crippen LogP contribution in [0, 0.1) is 6.92 Å². The van der Waals surface area contributed by atoms with Gasteiger partial charge in [-0.3, -0.25) is 0 Å². The molecule has 7 aromatic carbocycles. The summed E-state index contributed by atoms with van der Waals surface area (Å²) in [4.78, 5) is 2.70. The molecular formula is C44H29NS2. The molecule has 11 rings (SSSR count). The summed E-state index contributed by atoms with van der Waals surface area (Å²) in [6, 6.07) is 57.9. The van der Waals surface area contributed by atoms with E-state index >= 15 is 0 Å². The molecule has 2 aliphatic heterocycles. The zero-order chi connectivity index (χ0) is 31.1. The van der Waals surface area contributed by atoms with Gasteiger partial charge in [-0.15, -0.1) is 11.3 Å². The van der Waals surface area contributed by atoms with E-state index in [0.717, 1.165) is 0 Å². The van der Waals surface area contributed by atoms with Crippen LogP contribution in [0.4, 0.5) is 0 Å². The maximum absolute atomic E-state index is 2.50. The molecule has 1 unspecified atom stereocenters. The molecule has 0 saturated heterocycles. The molecule has 4 heterocycles. The number of benzene rings is 7. The average Bonchev–Trinajstić information content (AvgIpc) is 3.67. The molecule has 0 radical (unpaired) electrons. The van der Waals surface area contributed by atoms with Gasteiger partial charge in [0.05, 0.1) is 22.1 Å². The Balaban J connectivity index is 0.000000183. The predicted molar refractivity (Wildman–Crippen MR) is 201 cm³/mol. The van der Waals surface area contributed by atoms with E-state index in [4.69, 9.17) is 0 Å². The number of hydrogen-bond donors (Lipinski definition) is 0. The van der Waals surface area contributed by atoms with Crippen LogP contribution in [0.1, 0.15) is 27.8 Å². The third kappa shape index (κ3) is 3.73. The minimum atomic E-state index is -0.356. The van der Waals surface area contributed by atoms with Crippen molar-refractivity contribution in [3.8, 4) is 5.69 Å². The van der Waals surface area contributed by atoms with Crippen LogP contribution in [0.15, 0.2) is 168 Å². The second-order valence-corrected chi connectivity index (χ2v) is 14.7. The fourth-order valence-electron chi connectivity index (χ4n) is 8.11. The largest absolute Gasteiger partial charge is 0.309 e. The van der Waals surface area contributed by atoms with Crippen molar-refractivity contribution in [3.63, 3.8) is 0 Å². The maximum atomic E-state index is 2.50. The van der Waals surface area contributed by atoms with E-state index < -0.39 is 0 Å². The Morgan fingerprint density at radius 1 is 0.468 bits per heavy atom. The number of nitrogens with zero attached hydrogens (tertiary/aromatic N) is 1. The minimum absolute atomic E-state index is 0.356. The molecule has 47 heavy (non-hydrogen) atoms. The molecule has 0 amide bonds. The SMILES string of the molecule is Cc1ccc2c(c1)Sc1ccccc1C21c2ccccc2-n2c3ccccc3c3cccc1c32.c1ccc2c(c1)sc1ccccc12.